The fraction of sp³-hybridized carbons (Fsp3) is 0.615. The summed E-state index contributed by atoms with van der Waals surface area (Å²) in [6, 6.07) is 2.07. The van der Waals surface area contributed by atoms with Crippen molar-refractivity contribution >= 4 is 5.91 Å². The summed E-state index contributed by atoms with van der Waals surface area (Å²) >= 11 is 0. The highest BCUT2D eigenvalue weighted by Gasteiger charge is 2.46. The van der Waals surface area contributed by atoms with Gasteiger partial charge in [0.15, 0.2) is 5.76 Å². The maximum atomic E-state index is 12.9. The average molecular weight is 290 g/mol. The molecule has 0 saturated heterocycles. The molecule has 1 saturated carbocycles. The molecule has 0 spiro atoms. The molecule has 1 heterocycles. The second-order valence-corrected chi connectivity index (χ2v) is 4.98. The highest BCUT2D eigenvalue weighted by molar-refractivity contribution is 5.91. The Kier molecular flexibility index (Phi) is 4.37. The van der Waals surface area contributed by atoms with Crippen LogP contribution in [0.2, 0.25) is 0 Å². The third-order valence-corrected chi connectivity index (χ3v) is 3.59. The third-order valence-electron chi connectivity index (χ3n) is 3.59. The molecule has 7 heteroatoms. The van der Waals surface area contributed by atoms with Crippen LogP contribution in [-0.4, -0.2) is 18.1 Å². The van der Waals surface area contributed by atoms with Crippen molar-refractivity contribution in [2.75, 3.05) is 0 Å². The zero-order valence-corrected chi connectivity index (χ0v) is 10.9. The molecule has 0 aliphatic heterocycles. The van der Waals surface area contributed by atoms with Crippen LogP contribution in [0, 0.1) is 5.92 Å². The minimum absolute atomic E-state index is 0.00283. The van der Waals surface area contributed by atoms with E-state index in [2.05, 4.69) is 5.32 Å². The van der Waals surface area contributed by atoms with E-state index in [1.807, 2.05) is 0 Å². The van der Waals surface area contributed by atoms with E-state index >= 15 is 0 Å². The number of hydrogen-bond donors (Lipinski definition) is 2. The zero-order chi connectivity index (χ0) is 14.8. The van der Waals surface area contributed by atoms with Crippen molar-refractivity contribution in [1.82, 2.24) is 5.32 Å². The Hall–Kier alpha value is -1.50. The van der Waals surface area contributed by atoms with Crippen molar-refractivity contribution in [1.29, 1.82) is 0 Å². The molecule has 2 atom stereocenters. The normalized spacial score (nSPS) is 23.6. The first-order chi connectivity index (χ1) is 9.41. The van der Waals surface area contributed by atoms with Crippen LogP contribution in [0.15, 0.2) is 16.5 Å². The number of amides is 1. The molecule has 1 fully saturated rings. The van der Waals surface area contributed by atoms with Gasteiger partial charge in [-0.15, -0.1) is 0 Å². The van der Waals surface area contributed by atoms with E-state index in [0.29, 0.717) is 25.0 Å². The minimum Gasteiger partial charge on any atom is -0.455 e. The molecule has 0 aromatic carbocycles. The van der Waals surface area contributed by atoms with Crippen molar-refractivity contribution in [2.24, 2.45) is 11.7 Å². The zero-order valence-electron chi connectivity index (χ0n) is 10.9. The molecule has 1 aliphatic rings. The highest BCUT2D eigenvalue weighted by atomic mass is 19.4. The second-order valence-electron chi connectivity index (χ2n) is 4.98. The summed E-state index contributed by atoms with van der Waals surface area (Å²) in [4.78, 5) is 11.9. The van der Waals surface area contributed by atoms with Gasteiger partial charge in [0.2, 0.25) is 0 Å². The molecule has 1 aromatic rings. The van der Waals surface area contributed by atoms with E-state index in [0.717, 1.165) is 0 Å². The summed E-state index contributed by atoms with van der Waals surface area (Å²) in [6.45, 7) is 0.141. The van der Waals surface area contributed by atoms with Crippen LogP contribution >= 0.6 is 0 Å². The Bertz CT molecular complexity index is 470. The molecule has 0 bridgehead atoms. The first kappa shape index (κ1) is 14.9. The molecule has 4 nitrogen and oxygen atoms in total. The number of nitrogens with two attached hydrogens (primary N) is 1. The molecule has 1 amide bonds. The molecule has 1 aliphatic carbocycles. The molecular formula is C13H17F3N2O2. The summed E-state index contributed by atoms with van der Waals surface area (Å²) < 4.78 is 43.9. The average Bonchev–Trinajstić information content (AvgIpc) is 2.87. The Labute approximate surface area is 114 Å². The lowest BCUT2D eigenvalue weighted by Gasteiger charge is -2.33. The third kappa shape index (κ3) is 3.33. The standard InChI is InChI=1S/C13H17F3N2O2/c14-13(15,16)9-3-1-2-4-10(9)18-12(19)11-6-5-8(7-17)20-11/h5-6,9-10H,1-4,7,17H2,(H,18,19). The van der Waals surface area contributed by atoms with Gasteiger partial charge in [-0.25, -0.2) is 0 Å². The quantitative estimate of drug-likeness (QED) is 0.899. The largest absolute Gasteiger partial charge is 0.455 e. The van der Waals surface area contributed by atoms with Crippen molar-refractivity contribution in [3.05, 3.63) is 23.7 Å². The van der Waals surface area contributed by atoms with E-state index in [9.17, 15) is 18.0 Å². The lowest BCUT2D eigenvalue weighted by atomic mass is 9.84. The fourth-order valence-corrected chi connectivity index (χ4v) is 2.54. The molecule has 20 heavy (non-hydrogen) atoms. The van der Waals surface area contributed by atoms with E-state index in [1.54, 1.807) is 0 Å². The number of rotatable bonds is 3. The molecule has 1 aromatic heterocycles. The van der Waals surface area contributed by atoms with E-state index in [4.69, 9.17) is 10.2 Å². The van der Waals surface area contributed by atoms with Crippen LogP contribution in [0.3, 0.4) is 0 Å². The van der Waals surface area contributed by atoms with Crippen LogP contribution in [0.4, 0.5) is 13.2 Å². The van der Waals surface area contributed by atoms with Crippen LogP contribution in [0.5, 0.6) is 0 Å². The Morgan fingerprint density at radius 2 is 2.05 bits per heavy atom. The monoisotopic (exact) mass is 290 g/mol. The molecular weight excluding hydrogens is 273 g/mol. The SMILES string of the molecule is NCc1ccc(C(=O)NC2CCCCC2C(F)(F)F)o1. The number of halogens is 3. The highest BCUT2D eigenvalue weighted by Crippen LogP contribution is 2.37. The number of carbonyl (C=O) groups is 1. The number of hydrogen-bond acceptors (Lipinski definition) is 3. The second kappa shape index (κ2) is 5.87. The predicted octanol–water partition coefficient (Wildman–Crippen LogP) is 2.59. The van der Waals surface area contributed by atoms with E-state index in [-0.39, 0.29) is 18.7 Å². The summed E-state index contributed by atoms with van der Waals surface area (Å²) in [5, 5.41) is 2.44. The van der Waals surface area contributed by atoms with Gasteiger partial charge in [0.05, 0.1) is 12.5 Å². The van der Waals surface area contributed by atoms with Crippen LogP contribution < -0.4 is 11.1 Å². The van der Waals surface area contributed by atoms with Gasteiger partial charge in [-0.3, -0.25) is 4.79 Å². The molecule has 2 rings (SSSR count). The Balaban J connectivity index is 2.05. The van der Waals surface area contributed by atoms with Crippen molar-refractivity contribution in [2.45, 2.75) is 44.4 Å². The first-order valence-electron chi connectivity index (χ1n) is 6.58. The smallest absolute Gasteiger partial charge is 0.393 e. The van der Waals surface area contributed by atoms with Gasteiger partial charge in [0, 0.05) is 6.04 Å². The van der Waals surface area contributed by atoms with Crippen molar-refractivity contribution < 1.29 is 22.4 Å². The predicted molar refractivity (Wildman–Crippen MR) is 65.9 cm³/mol. The summed E-state index contributed by atoms with van der Waals surface area (Å²) in [5.74, 6) is -1.68. The van der Waals surface area contributed by atoms with Crippen molar-refractivity contribution in [3.63, 3.8) is 0 Å². The van der Waals surface area contributed by atoms with E-state index in [1.165, 1.54) is 12.1 Å². The van der Waals surface area contributed by atoms with Gasteiger partial charge in [-0.1, -0.05) is 12.8 Å². The topological polar surface area (TPSA) is 68.3 Å². The number of nitrogens with one attached hydrogen (secondary N) is 1. The molecule has 3 N–H and O–H groups in total. The van der Waals surface area contributed by atoms with Gasteiger partial charge in [0.25, 0.3) is 5.91 Å². The molecule has 0 radical (unpaired) electrons. The summed E-state index contributed by atoms with van der Waals surface area (Å²) in [7, 11) is 0. The Morgan fingerprint density at radius 1 is 1.35 bits per heavy atom. The molecule has 112 valence electrons. The van der Waals surface area contributed by atoms with Gasteiger partial charge in [-0.2, -0.15) is 13.2 Å². The van der Waals surface area contributed by atoms with Crippen LogP contribution in [-0.2, 0) is 6.54 Å². The number of alkyl halides is 3. The maximum Gasteiger partial charge on any atom is 0.393 e. The van der Waals surface area contributed by atoms with Crippen LogP contribution in [0.1, 0.15) is 42.0 Å². The van der Waals surface area contributed by atoms with Gasteiger partial charge in [0.1, 0.15) is 5.76 Å². The van der Waals surface area contributed by atoms with Gasteiger partial charge < -0.3 is 15.5 Å². The van der Waals surface area contributed by atoms with Crippen molar-refractivity contribution in [3.8, 4) is 0 Å². The van der Waals surface area contributed by atoms with E-state index < -0.39 is 24.0 Å². The first-order valence-corrected chi connectivity index (χ1v) is 6.58. The van der Waals surface area contributed by atoms with Crippen LogP contribution in [0.25, 0.3) is 0 Å². The summed E-state index contributed by atoms with van der Waals surface area (Å²) in [5.41, 5.74) is 5.35. The van der Waals surface area contributed by atoms with Gasteiger partial charge in [-0.05, 0) is 25.0 Å². The summed E-state index contributed by atoms with van der Waals surface area (Å²) in [6.07, 6.45) is -2.68. The minimum atomic E-state index is -4.29. The molecule has 2 unspecified atom stereocenters. The fourth-order valence-electron chi connectivity index (χ4n) is 2.54. The lowest BCUT2D eigenvalue weighted by Crippen LogP contribution is -2.47. The number of furan rings is 1. The Morgan fingerprint density at radius 3 is 2.65 bits per heavy atom. The maximum absolute atomic E-state index is 12.9. The number of carbonyl (C=O) groups excluding carboxylic acids is 1. The lowest BCUT2D eigenvalue weighted by molar-refractivity contribution is -0.187. The van der Waals surface area contributed by atoms with Gasteiger partial charge >= 0.3 is 6.18 Å².